The average molecular weight is 287 g/mol. The molecule has 2 N–H and O–H groups in total. The molecule has 1 fully saturated rings. The quantitative estimate of drug-likeness (QED) is 0.899. The lowest BCUT2D eigenvalue weighted by molar-refractivity contribution is 0.251. The fraction of sp³-hybridized carbons (Fsp3) is 0.667. The number of fused-ring (bicyclic) bond motifs is 1. The standard InChI is InChI=1S/C18H29N3/c19-8-2-9-20-10-3-11-21(13-12-20)15-16-6-7-17-4-1-5-18(17)14-16/h6-7,14H,1-5,8-13,15,19H2. The van der Waals surface area contributed by atoms with Crippen LogP contribution in [0.3, 0.4) is 0 Å². The Morgan fingerprint density at radius 1 is 0.905 bits per heavy atom. The molecule has 0 spiro atoms. The van der Waals surface area contributed by atoms with Crippen molar-refractivity contribution in [3.8, 4) is 0 Å². The number of hydrogen-bond acceptors (Lipinski definition) is 3. The third kappa shape index (κ3) is 4.06. The molecule has 0 atom stereocenters. The molecular formula is C18H29N3. The van der Waals surface area contributed by atoms with Crippen LogP contribution < -0.4 is 5.73 Å². The second kappa shape index (κ2) is 7.39. The van der Waals surface area contributed by atoms with Crippen LogP contribution in [-0.2, 0) is 19.4 Å². The summed E-state index contributed by atoms with van der Waals surface area (Å²) in [5.74, 6) is 0. The van der Waals surface area contributed by atoms with Gasteiger partial charge in [-0.25, -0.2) is 0 Å². The smallest absolute Gasteiger partial charge is 0.0234 e. The van der Waals surface area contributed by atoms with Crippen LogP contribution in [0.25, 0.3) is 0 Å². The summed E-state index contributed by atoms with van der Waals surface area (Å²) in [5.41, 5.74) is 10.3. The Morgan fingerprint density at radius 2 is 1.71 bits per heavy atom. The van der Waals surface area contributed by atoms with E-state index in [0.29, 0.717) is 0 Å². The second-order valence-corrected chi connectivity index (χ2v) is 6.57. The summed E-state index contributed by atoms with van der Waals surface area (Å²) >= 11 is 0. The Balaban J connectivity index is 1.53. The lowest BCUT2D eigenvalue weighted by Crippen LogP contribution is -2.31. The Kier molecular flexibility index (Phi) is 5.28. The molecule has 21 heavy (non-hydrogen) atoms. The summed E-state index contributed by atoms with van der Waals surface area (Å²) in [7, 11) is 0. The van der Waals surface area contributed by atoms with Crippen molar-refractivity contribution >= 4 is 0 Å². The zero-order chi connectivity index (χ0) is 14.5. The van der Waals surface area contributed by atoms with Crippen molar-refractivity contribution in [3.63, 3.8) is 0 Å². The predicted octanol–water partition coefficient (Wildman–Crippen LogP) is 2.03. The van der Waals surface area contributed by atoms with E-state index in [2.05, 4.69) is 28.0 Å². The average Bonchev–Trinajstić information content (AvgIpc) is 2.85. The molecule has 0 saturated carbocycles. The molecule has 3 rings (SSSR count). The molecule has 116 valence electrons. The van der Waals surface area contributed by atoms with Crippen LogP contribution in [0.15, 0.2) is 18.2 Å². The van der Waals surface area contributed by atoms with Gasteiger partial charge in [0.25, 0.3) is 0 Å². The first-order valence-electron chi connectivity index (χ1n) is 8.60. The molecule has 1 aromatic carbocycles. The molecule has 1 saturated heterocycles. The van der Waals surface area contributed by atoms with Crippen LogP contribution in [0.5, 0.6) is 0 Å². The largest absolute Gasteiger partial charge is 0.330 e. The minimum atomic E-state index is 0.815. The fourth-order valence-electron chi connectivity index (χ4n) is 3.70. The maximum atomic E-state index is 5.62. The first-order chi connectivity index (χ1) is 10.3. The molecule has 1 aromatic rings. The Bertz CT molecular complexity index is 458. The number of rotatable bonds is 5. The Morgan fingerprint density at radius 3 is 2.62 bits per heavy atom. The van der Waals surface area contributed by atoms with Crippen molar-refractivity contribution in [2.75, 3.05) is 39.3 Å². The van der Waals surface area contributed by atoms with Gasteiger partial charge in [-0.3, -0.25) is 4.90 Å². The van der Waals surface area contributed by atoms with E-state index in [-0.39, 0.29) is 0 Å². The summed E-state index contributed by atoms with van der Waals surface area (Å²) in [6, 6.07) is 7.17. The zero-order valence-corrected chi connectivity index (χ0v) is 13.2. The molecule has 1 heterocycles. The van der Waals surface area contributed by atoms with E-state index >= 15 is 0 Å². The summed E-state index contributed by atoms with van der Waals surface area (Å²) in [4.78, 5) is 5.20. The molecule has 3 nitrogen and oxygen atoms in total. The van der Waals surface area contributed by atoms with Crippen molar-refractivity contribution < 1.29 is 0 Å². The number of nitrogens with zero attached hydrogens (tertiary/aromatic N) is 2. The molecule has 1 aliphatic carbocycles. The van der Waals surface area contributed by atoms with Gasteiger partial charge in [-0.2, -0.15) is 0 Å². The van der Waals surface area contributed by atoms with Crippen molar-refractivity contribution in [2.45, 2.75) is 38.6 Å². The first kappa shape index (κ1) is 15.0. The molecule has 3 heteroatoms. The second-order valence-electron chi connectivity index (χ2n) is 6.57. The third-order valence-corrected chi connectivity index (χ3v) is 4.93. The first-order valence-corrected chi connectivity index (χ1v) is 8.60. The van der Waals surface area contributed by atoms with Gasteiger partial charge in [-0.1, -0.05) is 18.2 Å². The maximum Gasteiger partial charge on any atom is 0.0234 e. The van der Waals surface area contributed by atoms with Crippen LogP contribution in [0, 0.1) is 0 Å². The Labute approximate surface area is 129 Å². The van der Waals surface area contributed by atoms with Crippen molar-refractivity contribution in [1.29, 1.82) is 0 Å². The van der Waals surface area contributed by atoms with E-state index < -0.39 is 0 Å². The number of nitrogens with two attached hydrogens (primary N) is 1. The molecule has 0 unspecified atom stereocenters. The lowest BCUT2D eigenvalue weighted by atomic mass is 10.1. The van der Waals surface area contributed by atoms with Gasteiger partial charge in [0.1, 0.15) is 0 Å². The topological polar surface area (TPSA) is 32.5 Å². The third-order valence-electron chi connectivity index (χ3n) is 4.93. The molecular weight excluding hydrogens is 258 g/mol. The van der Waals surface area contributed by atoms with Gasteiger partial charge in [-0.05, 0) is 75.0 Å². The number of hydrogen-bond donors (Lipinski definition) is 1. The van der Waals surface area contributed by atoms with E-state index in [1.807, 2.05) is 0 Å². The molecule has 0 amide bonds. The highest BCUT2D eigenvalue weighted by atomic mass is 15.2. The molecule has 0 aromatic heterocycles. The summed E-state index contributed by atoms with van der Waals surface area (Å²) in [6.07, 6.45) is 6.34. The van der Waals surface area contributed by atoms with E-state index in [4.69, 9.17) is 5.73 Å². The van der Waals surface area contributed by atoms with Crippen LogP contribution in [-0.4, -0.2) is 49.1 Å². The van der Waals surface area contributed by atoms with Crippen LogP contribution >= 0.6 is 0 Å². The van der Waals surface area contributed by atoms with Crippen LogP contribution in [0.4, 0.5) is 0 Å². The van der Waals surface area contributed by atoms with Crippen molar-refractivity contribution in [1.82, 2.24) is 9.80 Å². The van der Waals surface area contributed by atoms with Crippen molar-refractivity contribution in [2.24, 2.45) is 5.73 Å². The fourth-order valence-corrected chi connectivity index (χ4v) is 3.70. The van der Waals surface area contributed by atoms with Crippen molar-refractivity contribution in [3.05, 3.63) is 34.9 Å². The highest BCUT2D eigenvalue weighted by molar-refractivity contribution is 5.35. The highest BCUT2D eigenvalue weighted by Gasteiger charge is 2.16. The maximum absolute atomic E-state index is 5.62. The Hall–Kier alpha value is -0.900. The monoisotopic (exact) mass is 287 g/mol. The minimum Gasteiger partial charge on any atom is -0.330 e. The van der Waals surface area contributed by atoms with E-state index in [0.717, 1.165) is 19.5 Å². The van der Waals surface area contributed by atoms with E-state index in [1.165, 1.54) is 64.0 Å². The van der Waals surface area contributed by atoms with E-state index in [1.54, 1.807) is 11.1 Å². The lowest BCUT2D eigenvalue weighted by Gasteiger charge is -2.22. The van der Waals surface area contributed by atoms with Gasteiger partial charge < -0.3 is 10.6 Å². The molecule has 0 radical (unpaired) electrons. The van der Waals surface area contributed by atoms with Gasteiger partial charge in [0, 0.05) is 19.6 Å². The molecule has 0 bridgehead atoms. The van der Waals surface area contributed by atoms with Crippen LogP contribution in [0.2, 0.25) is 0 Å². The molecule has 2 aliphatic rings. The van der Waals surface area contributed by atoms with Crippen LogP contribution in [0.1, 0.15) is 36.0 Å². The number of benzene rings is 1. The van der Waals surface area contributed by atoms with Gasteiger partial charge in [0.05, 0.1) is 0 Å². The highest BCUT2D eigenvalue weighted by Crippen LogP contribution is 2.23. The number of aryl methyl sites for hydroxylation is 2. The van der Waals surface area contributed by atoms with E-state index in [9.17, 15) is 0 Å². The van der Waals surface area contributed by atoms with Gasteiger partial charge in [0.2, 0.25) is 0 Å². The minimum absolute atomic E-state index is 0.815. The van der Waals surface area contributed by atoms with Gasteiger partial charge >= 0.3 is 0 Å². The van der Waals surface area contributed by atoms with Gasteiger partial charge in [0.15, 0.2) is 0 Å². The normalized spacial score (nSPS) is 20.4. The zero-order valence-electron chi connectivity index (χ0n) is 13.2. The summed E-state index contributed by atoms with van der Waals surface area (Å²) < 4.78 is 0. The predicted molar refractivity (Wildman–Crippen MR) is 88.5 cm³/mol. The summed E-state index contributed by atoms with van der Waals surface area (Å²) in [5, 5.41) is 0. The molecule has 1 aliphatic heterocycles. The SMILES string of the molecule is NCCCN1CCCN(Cc2ccc3c(c2)CCC3)CC1. The summed E-state index contributed by atoms with van der Waals surface area (Å²) in [6.45, 7) is 7.97. The van der Waals surface area contributed by atoms with Gasteiger partial charge in [-0.15, -0.1) is 0 Å².